The first-order valence-electron chi connectivity index (χ1n) is 7.05. The molecule has 1 aliphatic rings. The molecule has 0 atom stereocenters. The second-order valence-electron chi connectivity index (χ2n) is 4.92. The van der Waals surface area contributed by atoms with Gasteiger partial charge in [-0.2, -0.15) is 0 Å². The summed E-state index contributed by atoms with van der Waals surface area (Å²) in [6.07, 6.45) is 1.98. The standard InChI is InChI=1S/C13H22N4O3S/c1-19-7-4-15-13-17-11(14)10(21-13)12(18)16-8-9-2-5-20-6-3-9/h9H,2-8,14H2,1H3,(H,15,17)(H,16,18). The van der Waals surface area contributed by atoms with E-state index >= 15 is 0 Å². The van der Waals surface area contributed by atoms with E-state index < -0.39 is 0 Å². The Morgan fingerprint density at radius 1 is 1.52 bits per heavy atom. The highest BCUT2D eigenvalue weighted by Crippen LogP contribution is 2.24. The fourth-order valence-electron chi connectivity index (χ4n) is 2.10. The molecule has 1 saturated heterocycles. The van der Waals surface area contributed by atoms with E-state index in [1.807, 2.05) is 0 Å². The molecule has 0 unspecified atom stereocenters. The van der Waals surface area contributed by atoms with Gasteiger partial charge in [0.1, 0.15) is 10.7 Å². The van der Waals surface area contributed by atoms with Crippen LogP contribution in [0.5, 0.6) is 0 Å². The van der Waals surface area contributed by atoms with E-state index in [0.717, 1.165) is 26.1 Å². The Labute approximate surface area is 128 Å². The topological polar surface area (TPSA) is 98.5 Å². The molecule has 4 N–H and O–H groups in total. The third-order valence-electron chi connectivity index (χ3n) is 3.33. The number of amides is 1. The highest BCUT2D eigenvalue weighted by Gasteiger charge is 2.19. The molecule has 1 fully saturated rings. The number of methoxy groups -OCH3 is 1. The number of nitrogens with zero attached hydrogens (tertiary/aromatic N) is 1. The molecule has 0 aliphatic carbocycles. The van der Waals surface area contributed by atoms with Crippen molar-refractivity contribution in [1.82, 2.24) is 10.3 Å². The molecule has 0 saturated carbocycles. The van der Waals surface area contributed by atoms with Crippen LogP contribution in [0.2, 0.25) is 0 Å². The third-order valence-corrected chi connectivity index (χ3v) is 4.36. The smallest absolute Gasteiger partial charge is 0.265 e. The fourth-order valence-corrected chi connectivity index (χ4v) is 2.92. The van der Waals surface area contributed by atoms with E-state index in [0.29, 0.717) is 35.6 Å². The Morgan fingerprint density at radius 2 is 2.29 bits per heavy atom. The van der Waals surface area contributed by atoms with Crippen molar-refractivity contribution in [2.24, 2.45) is 5.92 Å². The van der Waals surface area contributed by atoms with Crippen LogP contribution >= 0.6 is 11.3 Å². The van der Waals surface area contributed by atoms with Crippen molar-refractivity contribution in [3.05, 3.63) is 4.88 Å². The summed E-state index contributed by atoms with van der Waals surface area (Å²) in [5.41, 5.74) is 5.80. The first-order valence-corrected chi connectivity index (χ1v) is 7.87. The highest BCUT2D eigenvalue weighted by molar-refractivity contribution is 7.18. The summed E-state index contributed by atoms with van der Waals surface area (Å²) in [5, 5.41) is 6.65. The van der Waals surface area contributed by atoms with Gasteiger partial charge in [0.15, 0.2) is 5.13 Å². The van der Waals surface area contributed by atoms with Crippen LogP contribution in [0.25, 0.3) is 0 Å². The number of rotatable bonds is 7. The summed E-state index contributed by atoms with van der Waals surface area (Å²) in [6.45, 7) is 3.41. The molecule has 2 rings (SSSR count). The fraction of sp³-hybridized carbons (Fsp3) is 0.692. The van der Waals surface area contributed by atoms with Crippen LogP contribution in [0.15, 0.2) is 0 Å². The van der Waals surface area contributed by atoms with Crippen LogP contribution < -0.4 is 16.4 Å². The minimum absolute atomic E-state index is 0.156. The van der Waals surface area contributed by atoms with Crippen LogP contribution in [0, 0.1) is 5.92 Å². The molecule has 0 radical (unpaired) electrons. The largest absolute Gasteiger partial charge is 0.383 e. The maximum absolute atomic E-state index is 12.1. The summed E-state index contributed by atoms with van der Waals surface area (Å²) in [7, 11) is 1.63. The van der Waals surface area contributed by atoms with Gasteiger partial charge in [0.2, 0.25) is 0 Å². The molecule has 0 aromatic carbocycles. The van der Waals surface area contributed by atoms with Crippen molar-refractivity contribution in [3.63, 3.8) is 0 Å². The first-order chi connectivity index (χ1) is 10.2. The second-order valence-corrected chi connectivity index (χ2v) is 5.92. The lowest BCUT2D eigenvalue weighted by atomic mass is 10.0. The number of nitrogen functional groups attached to an aromatic ring is 1. The average molecular weight is 314 g/mol. The lowest BCUT2D eigenvalue weighted by Gasteiger charge is -2.21. The number of aromatic nitrogens is 1. The molecule has 1 amide bonds. The van der Waals surface area contributed by atoms with Crippen LogP contribution in [0.1, 0.15) is 22.5 Å². The predicted octanol–water partition coefficient (Wildman–Crippen LogP) is 0.940. The Bertz CT molecular complexity index is 460. The van der Waals surface area contributed by atoms with E-state index in [2.05, 4.69) is 15.6 Å². The van der Waals surface area contributed by atoms with Crippen molar-refractivity contribution in [1.29, 1.82) is 0 Å². The number of carbonyl (C=O) groups excluding carboxylic acids is 1. The minimum Gasteiger partial charge on any atom is -0.383 e. The van der Waals surface area contributed by atoms with Gasteiger partial charge in [-0.25, -0.2) is 4.98 Å². The SMILES string of the molecule is COCCNc1nc(N)c(C(=O)NCC2CCOCC2)s1. The van der Waals surface area contributed by atoms with E-state index in [9.17, 15) is 4.79 Å². The zero-order chi connectivity index (χ0) is 15.1. The molecule has 2 heterocycles. The van der Waals surface area contributed by atoms with Gasteiger partial charge >= 0.3 is 0 Å². The first kappa shape index (κ1) is 16.0. The quantitative estimate of drug-likeness (QED) is 0.648. The molecule has 0 spiro atoms. The number of hydrogen-bond donors (Lipinski definition) is 3. The van der Waals surface area contributed by atoms with Gasteiger partial charge in [0, 0.05) is 33.4 Å². The molecular weight excluding hydrogens is 292 g/mol. The molecule has 7 nitrogen and oxygen atoms in total. The molecule has 0 bridgehead atoms. The Morgan fingerprint density at radius 3 is 3.00 bits per heavy atom. The van der Waals surface area contributed by atoms with E-state index in [-0.39, 0.29) is 11.7 Å². The van der Waals surface area contributed by atoms with Crippen LogP contribution in [0.3, 0.4) is 0 Å². The lowest BCUT2D eigenvalue weighted by molar-refractivity contribution is 0.0643. The van der Waals surface area contributed by atoms with Crippen molar-refractivity contribution in [3.8, 4) is 0 Å². The number of nitrogens with one attached hydrogen (secondary N) is 2. The monoisotopic (exact) mass is 314 g/mol. The number of ether oxygens (including phenoxy) is 2. The maximum atomic E-state index is 12.1. The van der Waals surface area contributed by atoms with E-state index in [1.165, 1.54) is 11.3 Å². The third kappa shape index (κ3) is 4.83. The van der Waals surface area contributed by atoms with Crippen LogP contribution in [-0.2, 0) is 9.47 Å². The van der Waals surface area contributed by atoms with Crippen LogP contribution in [0.4, 0.5) is 10.9 Å². The van der Waals surface area contributed by atoms with Gasteiger partial charge in [-0.15, -0.1) is 0 Å². The summed E-state index contributed by atoms with van der Waals surface area (Å²) in [4.78, 5) is 16.8. The number of thiazole rings is 1. The molecule has 118 valence electrons. The van der Waals surface area contributed by atoms with Gasteiger partial charge in [-0.1, -0.05) is 11.3 Å². The van der Waals surface area contributed by atoms with Crippen molar-refractivity contribution >= 4 is 28.2 Å². The summed E-state index contributed by atoms with van der Waals surface area (Å²) >= 11 is 1.27. The van der Waals surface area contributed by atoms with Crippen LogP contribution in [-0.4, -0.2) is 50.9 Å². The van der Waals surface area contributed by atoms with Crippen molar-refractivity contribution < 1.29 is 14.3 Å². The van der Waals surface area contributed by atoms with Gasteiger partial charge in [-0.3, -0.25) is 4.79 Å². The number of hydrogen-bond acceptors (Lipinski definition) is 7. The predicted molar refractivity (Wildman–Crippen MR) is 82.8 cm³/mol. The Kier molecular flexibility index (Phi) is 6.21. The van der Waals surface area contributed by atoms with Gasteiger partial charge in [0.05, 0.1) is 6.61 Å². The average Bonchev–Trinajstić information content (AvgIpc) is 2.87. The maximum Gasteiger partial charge on any atom is 0.265 e. The molecular formula is C13H22N4O3S. The zero-order valence-electron chi connectivity index (χ0n) is 12.2. The second kappa shape index (κ2) is 8.16. The summed E-state index contributed by atoms with van der Waals surface area (Å²) in [6, 6.07) is 0. The molecule has 1 aliphatic heterocycles. The highest BCUT2D eigenvalue weighted by atomic mass is 32.1. The normalized spacial score (nSPS) is 15.9. The van der Waals surface area contributed by atoms with Gasteiger partial charge < -0.3 is 25.8 Å². The number of nitrogens with two attached hydrogens (primary N) is 1. The zero-order valence-corrected chi connectivity index (χ0v) is 13.0. The van der Waals surface area contributed by atoms with Gasteiger partial charge in [0.25, 0.3) is 5.91 Å². The molecule has 1 aromatic rings. The number of anilines is 2. The molecule has 8 heteroatoms. The number of carbonyl (C=O) groups is 1. The van der Waals surface area contributed by atoms with Gasteiger partial charge in [-0.05, 0) is 18.8 Å². The Balaban J connectivity index is 1.83. The molecule has 1 aromatic heterocycles. The van der Waals surface area contributed by atoms with E-state index in [1.54, 1.807) is 7.11 Å². The van der Waals surface area contributed by atoms with Crippen molar-refractivity contribution in [2.45, 2.75) is 12.8 Å². The minimum atomic E-state index is -0.156. The van der Waals surface area contributed by atoms with E-state index in [4.69, 9.17) is 15.2 Å². The Hall–Kier alpha value is -1.38. The molecule has 21 heavy (non-hydrogen) atoms. The lowest BCUT2D eigenvalue weighted by Crippen LogP contribution is -2.32. The summed E-state index contributed by atoms with van der Waals surface area (Å²) in [5.74, 6) is 0.594. The summed E-state index contributed by atoms with van der Waals surface area (Å²) < 4.78 is 10.2. The van der Waals surface area contributed by atoms with Crippen molar-refractivity contribution in [2.75, 3.05) is 51.1 Å².